The summed E-state index contributed by atoms with van der Waals surface area (Å²) in [5.41, 5.74) is 3.52. The molecule has 0 aliphatic rings. The van der Waals surface area contributed by atoms with Crippen LogP contribution in [0, 0.1) is 0 Å². The molecule has 154 valence electrons. The average Bonchev–Trinajstić information content (AvgIpc) is 3.18. The first-order chi connectivity index (χ1) is 15.6. The normalized spacial score (nSPS) is 12.7. The molecule has 1 atom stereocenters. The van der Waals surface area contributed by atoms with E-state index < -0.39 is 0 Å². The number of hydrogen-bond acceptors (Lipinski definition) is 3. The maximum absolute atomic E-state index is 13.3. The molecule has 0 spiro atoms. The highest BCUT2D eigenvalue weighted by molar-refractivity contribution is 6.20. The van der Waals surface area contributed by atoms with Crippen LogP contribution < -0.4 is 10.9 Å². The SMILES string of the molecule is C[C@H](NC(=O)c1cc2c3ccccc3n3c(=O)c4ccccc4c(n1)c23)c1ccccc1. The Hall–Kier alpha value is -4.25. The lowest BCUT2D eigenvalue weighted by Crippen LogP contribution is -2.27. The lowest BCUT2D eigenvalue weighted by molar-refractivity contribution is 0.0935. The lowest BCUT2D eigenvalue weighted by Gasteiger charge is -2.14. The summed E-state index contributed by atoms with van der Waals surface area (Å²) >= 11 is 0. The Morgan fingerprint density at radius 1 is 0.844 bits per heavy atom. The van der Waals surface area contributed by atoms with Gasteiger partial charge in [-0.15, -0.1) is 0 Å². The summed E-state index contributed by atoms with van der Waals surface area (Å²) in [5.74, 6) is -0.245. The summed E-state index contributed by atoms with van der Waals surface area (Å²) in [4.78, 5) is 31.3. The standard InChI is InChI=1S/C27H19N3O2/c1-16(17-9-3-2-4-10-17)28-26(31)22-15-21-18-11-7-8-14-23(18)30-25(21)24(29-22)19-12-5-6-13-20(19)27(30)32/h2-16H,1H3,(H,28,31)/t16-/m0/s1. The number of aromatic nitrogens is 2. The Bertz CT molecular complexity index is 1700. The summed E-state index contributed by atoms with van der Waals surface area (Å²) in [5, 5.41) is 6.18. The summed E-state index contributed by atoms with van der Waals surface area (Å²) in [6.07, 6.45) is 0. The van der Waals surface area contributed by atoms with E-state index in [0.717, 1.165) is 32.8 Å². The Labute approximate surface area is 183 Å². The maximum atomic E-state index is 13.3. The van der Waals surface area contributed by atoms with Crippen LogP contribution in [-0.4, -0.2) is 15.3 Å². The minimum absolute atomic E-state index is 0.0731. The van der Waals surface area contributed by atoms with E-state index >= 15 is 0 Å². The van der Waals surface area contributed by atoms with Crippen molar-refractivity contribution in [2.24, 2.45) is 0 Å². The van der Waals surface area contributed by atoms with Crippen LogP contribution in [0.15, 0.2) is 89.7 Å². The number of hydrogen-bond donors (Lipinski definition) is 1. The molecule has 0 aliphatic heterocycles. The number of para-hydroxylation sites is 1. The molecule has 0 bridgehead atoms. The Morgan fingerprint density at radius 2 is 1.50 bits per heavy atom. The molecule has 0 aliphatic carbocycles. The van der Waals surface area contributed by atoms with Gasteiger partial charge in [0.05, 0.1) is 22.6 Å². The van der Waals surface area contributed by atoms with Crippen molar-refractivity contribution in [2.75, 3.05) is 0 Å². The van der Waals surface area contributed by atoms with Crippen molar-refractivity contribution in [1.82, 2.24) is 14.7 Å². The number of carbonyl (C=O) groups excluding carboxylic acids is 1. The fourth-order valence-corrected chi connectivity index (χ4v) is 4.59. The predicted octanol–water partition coefficient (Wildman–Crippen LogP) is 5.08. The second kappa shape index (κ2) is 6.89. The van der Waals surface area contributed by atoms with Crippen molar-refractivity contribution in [3.63, 3.8) is 0 Å². The number of nitrogens with one attached hydrogen (secondary N) is 1. The van der Waals surface area contributed by atoms with Crippen LogP contribution in [0.4, 0.5) is 0 Å². The number of rotatable bonds is 3. The smallest absolute Gasteiger partial charge is 0.270 e. The van der Waals surface area contributed by atoms with Gasteiger partial charge in [-0.05, 0) is 30.7 Å². The Kier molecular flexibility index (Phi) is 3.98. The van der Waals surface area contributed by atoms with Gasteiger partial charge < -0.3 is 5.32 Å². The molecule has 0 radical (unpaired) electrons. The fourth-order valence-electron chi connectivity index (χ4n) is 4.59. The second-order valence-electron chi connectivity index (χ2n) is 8.06. The van der Waals surface area contributed by atoms with Gasteiger partial charge in [-0.3, -0.25) is 14.0 Å². The van der Waals surface area contributed by atoms with Crippen LogP contribution in [0.3, 0.4) is 0 Å². The Balaban J connectivity index is 1.63. The number of amides is 1. The average molecular weight is 417 g/mol. The summed E-state index contributed by atoms with van der Waals surface area (Å²) in [7, 11) is 0. The van der Waals surface area contributed by atoms with Gasteiger partial charge in [0.15, 0.2) is 0 Å². The molecule has 0 saturated carbocycles. The van der Waals surface area contributed by atoms with Gasteiger partial charge in [0, 0.05) is 21.5 Å². The fraction of sp³-hybridized carbons (Fsp3) is 0.0741. The van der Waals surface area contributed by atoms with E-state index in [1.165, 1.54) is 0 Å². The van der Waals surface area contributed by atoms with Crippen molar-refractivity contribution in [3.05, 3.63) is 107 Å². The number of nitrogens with zero attached hydrogens (tertiary/aromatic N) is 2. The van der Waals surface area contributed by atoms with E-state index in [2.05, 4.69) is 5.32 Å². The quantitative estimate of drug-likeness (QED) is 0.408. The highest BCUT2D eigenvalue weighted by Gasteiger charge is 2.21. The van der Waals surface area contributed by atoms with Crippen LogP contribution in [0.5, 0.6) is 0 Å². The molecule has 0 fully saturated rings. The number of pyridine rings is 2. The summed E-state index contributed by atoms with van der Waals surface area (Å²) in [6, 6.07) is 26.7. The summed E-state index contributed by atoms with van der Waals surface area (Å²) < 4.78 is 1.73. The molecule has 0 saturated heterocycles. The van der Waals surface area contributed by atoms with E-state index in [4.69, 9.17) is 4.98 Å². The van der Waals surface area contributed by atoms with Crippen LogP contribution in [0.1, 0.15) is 29.0 Å². The lowest BCUT2D eigenvalue weighted by atomic mass is 10.1. The van der Waals surface area contributed by atoms with Gasteiger partial charge >= 0.3 is 0 Å². The third-order valence-electron chi connectivity index (χ3n) is 6.15. The van der Waals surface area contributed by atoms with Gasteiger partial charge in [-0.25, -0.2) is 4.98 Å². The number of fused-ring (bicyclic) bond motifs is 5. The largest absolute Gasteiger partial charge is 0.344 e. The Morgan fingerprint density at radius 3 is 2.28 bits per heavy atom. The third-order valence-corrected chi connectivity index (χ3v) is 6.15. The predicted molar refractivity (Wildman–Crippen MR) is 127 cm³/mol. The van der Waals surface area contributed by atoms with Crippen LogP contribution in [0.25, 0.3) is 38.1 Å². The highest BCUT2D eigenvalue weighted by atomic mass is 16.2. The minimum Gasteiger partial charge on any atom is -0.344 e. The van der Waals surface area contributed by atoms with Crippen LogP contribution in [-0.2, 0) is 0 Å². The first-order valence-electron chi connectivity index (χ1n) is 10.6. The van der Waals surface area contributed by atoms with E-state index in [9.17, 15) is 9.59 Å². The van der Waals surface area contributed by atoms with E-state index in [1.54, 1.807) is 10.5 Å². The first-order valence-corrected chi connectivity index (χ1v) is 10.6. The summed E-state index contributed by atoms with van der Waals surface area (Å²) in [6.45, 7) is 1.95. The molecule has 32 heavy (non-hydrogen) atoms. The molecule has 5 nitrogen and oxygen atoms in total. The molecule has 6 aromatic rings. The van der Waals surface area contributed by atoms with E-state index in [1.807, 2.05) is 85.8 Å². The maximum Gasteiger partial charge on any atom is 0.270 e. The molecule has 1 amide bonds. The third kappa shape index (κ3) is 2.61. The molecular weight excluding hydrogens is 398 g/mol. The van der Waals surface area contributed by atoms with E-state index in [0.29, 0.717) is 16.6 Å². The zero-order valence-electron chi connectivity index (χ0n) is 17.4. The first kappa shape index (κ1) is 18.5. The van der Waals surface area contributed by atoms with Gasteiger partial charge in [0.25, 0.3) is 11.5 Å². The number of carbonyl (C=O) groups is 1. The molecule has 1 N–H and O–H groups in total. The molecule has 0 unspecified atom stereocenters. The monoisotopic (exact) mass is 417 g/mol. The van der Waals surface area contributed by atoms with Crippen molar-refractivity contribution in [1.29, 1.82) is 0 Å². The van der Waals surface area contributed by atoms with Crippen molar-refractivity contribution >= 4 is 44.0 Å². The second-order valence-corrected chi connectivity index (χ2v) is 8.06. The molecule has 3 aromatic heterocycles. The highest BCUT2D eigenvalue weighted by Crippen LogP contribution is 2.33. The molecule has 5 heteroatoms. The van der Waals surface area contributed by atoms with Gasteiger partial charge in [0.1, 0.15) is 5.69 Å². The van der Waals surface area contributed by atoms with Crippen molar-refractivity contribution < 1.29 is 4.79 Å². The van der Waals surface area contributed by atoms with E-state index in [-0.39, 0.29) is 17.5 Å². The van der Waals surface area contributed by atoms with Gasteiger partial charge in [0.2, 0.25) is 0 Å². The van der Waals surface area contributed by atoms with Crippen molar-refractivity contribution in [3.8, 4) is 0 Å². The molecule has 6 rings (SSSR count). The zero-order valence-corrected chi connectivity index (χ0v) is 17.4. The molecule has 3 aromatic carbocycles. The van der Waals surface area contributed by atoms with Crippen molar-refractivity contribution in [2.45, 2.75) is 13.0 Å². The van der Waals surface area contributed by atoms with Gasteiger partial charge in [-0.2, -0.15) is 0 Å². The zero-order chi connectivity index (χ0) is 21.8. The topological polar surface area (TPSA) is 63.5 Å². The number of benzene rings is 3. The van der Waals surface area contributed by atoms with Gasteiger partial charge in [-0.1, -0.05) is 66.7 Å². The van der Waals surface area contributed by atoms with Crippen LogP contribution >= 0.6 is 0 Å². The molecule has 3 heterocycles. The minimum atomic E-state index is -0.245. The molecular formula is C27H19N3O2. The van der Waals surface area contributed by atoms with Crippen LogP contribution in [0.2, 0.25) is 0 Å².